The van der Waals surface area contributed by atoms with Crippen molar-refractivity contribution < 1.29 is 22.7 Å². The maximum Gasteiger partial charge on any atom is 0.401 e. The second kappa shape index (κ2) is 4.49. The molecular formula is C12H20F3NO2. The lowest BCUT2D eigenvalue weighted by Gasteiger charge is -2.29. The Morgan fingerprint density at radius 1 is 1.28 bits per heavy atom. The number of ether oxygens (including phenoxy) is 1. The molecule has 1 fully saturated rings. The van der Waals surface area contributed by atoms with Gasteiger partial charge in [0.1, 0.15) is 5.60 Å². The molecule has 0 spiro atoms. The minimum Gasteiger partial charge on any atom is -0.361 e. The molecule has 1 atom stereocenters. The van der Waals surface area contributed by atoms with Gasteiger partial charge in [-0.3, -0.25) is 9.69 Å². The molecule has 0 radical (unpaired) electrons. The summed E-state index contributed by atoms with van der Waals surface area (Å²) in [5.74, 6) is -0.679. The van der Waals surface area contributed by atoms with Crippen molar-refractivity contribution in [3.8, 4) is 0 Å². The zero-order valence-corrected chi connectivity index (χ0v) is 11.4. The lowest BCUT2D eigenvalue weighted by atomic mass is 9.85. The van der Waals surface area contributed by atoms with E-state index in [-0.39, 0.29) is 12.3 Å². The lowest BCUT2D eigenvalue weighted by Crippen LogP contribution is -2.42. The number of carbonyl (C=O) groups excluding carboxylic acids is 1. The lowest BCUT2D eigenvalue weighted by molar-refractivity contribution is -0.146. The summed E-state index contributed by atoms with van der Waals surface area (Å²) in [5, 5.41) is 0. The molecule has 3 nitrogen and oxygen atoms in total. The van der Waals surface area contributed by atoms with Gasteiger partial charge in [0.05, 0.1) is 18.1 Å². The van der Waals surface area contributed by atoms with Gasteiger partial charge in [0, 0.05) is 6.54 Å². The SMILES string of the molecule is CN(CC1C(=O)C(C)(C)OC1(C)C)CC(F)(F)F. The Morgan fingerprint density at radius 2 is 1.78 bits per heavy atom. The highest BCUT2D eigenvalue weighted by molar-refractivity contribution is 5.91. The van der Waals surface area contributed by atoms with E-state index in [4.69, 9.17) is 4.74 Å². The zero-order chi connectivity index (χ0) is 14.4. The van der Waals surface area contributed by atoms with Crippen LogP contribution in [0.1, 0.15) is 27.7 Å². The van der Waals surface area contributed by atoms with E-state index < -0.39 is 29.8 Å². The summed E-state index contributed by atoms with van der Waals surface area (Å²) >= 11 is 0. The Hall–Kier alpha value is -0.620. The Kier molecular flexibility index (Phi) is 3.85. The number of hydrogen-bond donors (Lipinski definition) is 0. The minimum absolute atomic E-state index is 0.0504. The Balaban J connectivity index is 2.75. The standard InChI is InChI=1S/C12H20F3NO2/c1-10(2)8(9(17)11(3,4)18-10)6-16(5)7-12(13,14)15/h8H,6-7H2,1-5H3. The van der Waals surface area contributed by atoms with Crippen LogP contribution in [0.4, 0.5) is 13.2 Å². The van der Waals surface area contributed by atoms with E-state index in [2.05, 4.69) is 0 Å². The first-order chi connectivity index (χ1) is 7.85. The fourth-order valence-electron chi connectivity index (χ4n) is 2.50. The van der Waals surface area contributed by atoms with Crippen molar-refractivity contribution in [1.82, 2.24) is 4.90 Å². The van der Waals surface area contributed by atoms with Crippen LogP contribution in [0.3, 0.4) is 0 Å². The monoisotopic (exact) mass is 267 g/mol. The van der Waals surface area contributed by atoms with Crippen LogP contribution in [0.15, 0.2) is 0 Å². The number of Topliss-reactive ketones (excluding diaryl/α,β-unsaturated/α-hetero) is 1. The van der Waals surface area contributed by atoms with Crippen LogP contribution in [0.2, 0.25) is 0 Å². The van der Waals surface area contributed by atoms with Crippen LogP contribution in [-0.4, -0.2) is 48.2 Å². The number of hydrogen-bond acceptors (Lipinski definition) is 3. The third-order valence-corrected chi connectivity index (χ3v) is 3.21. The van der Waals surface area contributed by atoms with Crippen molar-refractivity contribution in [2.24, 2.45) is 5.92 Å². The number of rotatable bonds is 3. The molecule has 1 heterocycles. The second-order valence-electron chi connectivity index (χ2n) is 5.94. The first-order valence-corrected chi connectivity index (χ1v) is 5.85. The zero-order valence-electron chi connectivity index (χ0n) is 11.4. The highest BCUT2D eigenvalue weighted by Gasteiger charge is 2.53. The van der Waals surface area contributed by atoms with Crippen molar-refractivity contribution in [2.75, 3.05) is 20.1 Å². The van der Waals surface area contributed by atoms with E-state index in [0.717, 1.165) is 4.90 Å². The molecule has 1 aliphatic rings. The molecule has 0 aliphatic carbocycles. The molecule has 0 saturated carbocycles. The third kappa shape index (κ3) is 3.45. The van der Waals surface area contributed by atoms with E-state index in [0.29, 0.717) is 0 Å². The Labute approximate surface area is 105 Å². The third-order valence-electron chi connectivity index (χ3n) is 3.21. The van der Waals surface area contributed by atoms with Gasteiger partial charge in [-0.25, -0.2) is 0 Å². The highest BCUT2D eigenvalue weighted by atomic mass is 19.4. The quantitative estimate of drug-likeness (QED) is 0.785. The number of nitrogens with zero attached hydrogens (tertiary/aromatic N) is 1. The summed E-state index contributed by atoms with van der Waals surface area (Å²) in [6.07, 6.45) is -4.25. The van der Waals surface area contributed by atoms with E-state index >= 15 is 0 Å². The second-order valence-corrected chi connectivity index (χ2v) is 5.94. The molecule has 0 aromatic carbocycles. The van der Waals surface area contributed by atoms with Crippen LogP contribution in [0, 0.1) is 5.92 Å². The number of halogens is 3. The van der Waals surface area contributed by atoms with Crippen molar-refractivity contribution in [1.29, 1.82) is 0 Å². The number of ketones is 1. The number of alkyl halides is 3. The fourth-order valence-corrected chi connectivity index (χ4v) is 2.50. The topological polar surface area (TPSA) is 29.5 Å². The normalized spacial score (nSPS) is 26.9. The number of carbonyl (C=O) groups is 1. The molecule has 106 valence electrons. The van der Waals surface area contributed by atoms with Gasteiger partial charge in [0.25, 0.3) is 0 Å². The molecule has 18 heavy (non-hydrogen) atoms. The van der Waals surface area contributed by atoms with Gasteiger partial charge in [0.2, 0.25) is 0 Å². The van der Waals surface area contributed by atoms with E-state index in [9.17, 15) is 18.0 Å². The molecule has 1 unspecified atom stereocenters. The Bertz CT molecular complexity index is 337. The summed E-state index contributed by atoms with van der Waals surface area (Å²) in [6, 6.07) is 0. The maximum atomic E-state index is 12.3. The van der Waals surface area contributed by atoms with Gasteiger partial charge in [0.15, 0.2) is 5.78 Å². The van der Waals surface area contributed by atoms with Gasteiger partial charge in [-0.15, -0.1) is 0 Å². The predicted molar refractivity (Wildman–Crippen MR) is 61.3 cm³/mol. The smallest absolute Gasteiger partial charge is 0.361 e. The first kappa shape index (κ1) is 15.4. The average molecular weight is 267 g/mol. The summed E-state index contributed by atoms with van der Waals surface area (Å²) in [7, 11) is 1.36. The fraction of sp³-hybridized carbons (Fsp3) is 0.917. The van der Waals surface area contributed by atoms with Crippen LogP contribution in [0.5, 0.6) is 0 Å². The first-order valence-electron chi connectivity index (χ1n) is 5.85. The molecule has 0 amide bonds. The van der Waals surface area contributed by atoms with Gasteiger partial charge in [-0.05, 0) is 34.7 Å². The van der Waals surface area contributed by atoms with Gasteiger partial charge in [-0.2, -0.15) is 13.2 Å². The van der Waals surface area contributed by atoms with Crippen molar-refractivity contribution in [3.05, 3.63) is 0 Å². The Morgan fingerprint density at radius 3 is 2.11 bits per heavy atom. The molecule has 0 aromatic rings. The van der Waals surface area contributed by atoms with E-state index in [1.54, 1.807) is 27.7 Å². The molecular weight excluding hydrogens is 247 g/mol. The molecule has 6 heteroatoms. The van der Waals surface area contributed by atoms with E-state index in [1.165, 1.54) is 7.05 Å². The predicted octanol–water partition coefficient (Wildman–Crippen LogP) is 2.25. The summed E-state index contributed by atoms with van der Waals surface area (Å²) in [5.41, 5.74) is -1.66. The molecule has 0 N–H and O–H groups in total. The van der Waals surface area contributed by atoms with Crippen LogP contribution in [-0.2, 0) is 9.53 Å². The van der Waals surface area contributed by atoms with Crippen LogP contribution >= 0.6 is 0 Å². The maximum absolute atomic E-state index is 12.3. The average Bonchev–Trinajstić information content (AvgIpc) is 2.20. The van der Waals surface area contributed by atoms with Gasteiger partial charge in [-0.1, -0.05) is 0 Å². The van der Waals surface area contributed by atoms with Crippen LogP contribution < -0.4 is 0 Å². The van der Waals surface area contributed by atoms with Crippen molar-refractivity contribution >= 4 is 5.78 Å². The summed E-state index contributed by atoms with van der Waals surface area (Å²) in [4.78, 5) is 13.2. The van der Waals surface area contributed by atoms with Crippen molar-refractivity contribution in [3.63, 3.8) is 0 Å². The van der Waals surface area contributed by atoms with E-state index in [1.807, 2.05) is 0 Å². The molecule has 0 aromatic heterocycles. The highest BCUT2D eigenvalue weighted by Crippen LogP contribution is 2.39. The molecule has 1 aliphatic heterocycles. The molecule has 1 saturated heterocycles. The minimum atomic E-state index is -4.25. The summed E-state index contributed by atoms with van der Waals surface area (Å²) in [6.45, 7) is 5.82. The molecule has 1 rings (SSSR count). The van der Waals surface area contributed by atoms with Crippen LogP contribution in [0.25, 0.3) is 0 Å². The van der Waals surface area contributed by atoms with Crippen molar-refractivity contribution in [2.45, 2.75) is 45.1 Å². The van der Waals surface area contributed by atoms with Gasteiger partial charge >= 0.3 is 6.18 Å². The summed E-state index contributed by atoms with van der Waals surface area (Å²) < 4.78 is 42.4. The van der Waals surface area contributed by atoms with Gasteiger partial charge < -0.3 is 4.74 Å². The molecule has 0 bridgehead atoms. The largest absolute Gasteiger partial charge is 0.401 e.